The second-order valence-electron chi connectivity index (χ2n) is 8.71. The first-order valence-corrected chi connectivity index (χ1v) is 14.8. The minimum Gasteiger partial charge on any atom is -0.497 e. The highest BCUT2D eigenvalue weighted by Crippen LogP contribution is 2.32. The van der Waals surface area contributed by atoms with E-state index in [9.17, 15) is 13.2 Å². The Hall–Kier alpha value is -3.83. The first-order chi connectivity index (χ1) is 18.7. The Morgan fingerprint density at radius 1 is 1.00 bits per heavy atom. The molecule has 204 valence electrons. The molecule has 1 unspecified atom stereocenters. The number of sulfone groups is 1. The summed E-state index contributed by atoms with van der Waals surface area (Å²) >= 11 is 1.22. The summed E-state index contributed by atoms with van der Waals surface area (Å²) in [6.07, 6.45) is 0.494. The van der Waals surface area contributed by atoms with Gasteiger partial charge in [0.1, 0.15) is 17.3 Å². The summed E-state index contributed by atoms with van der Waals surface area (Å²) in [5.41, 5.74) is 2.18. The fraction of sp³-hybridized carbons (Fsp3) is 0.250. The summed E-state index contributed by atoms with van der Waals surface area (Å²) < 4.78 is 38.8. The Kier molecular flexibility index (Phi) is 8.93. The molecule has 1 atom stereocenters. The van der Waals surface area contributed by atoms with Crippen LogP contribution in [0.4, 0.5) is 5.69 Å². The Morgan fingerprint density at radius 2 is 1.72 bits per heavy atom. The molecule has 3 aromatic carbocycles. The van der Waals surface area contributed by atoms with Crippen LogP contribution in [0.2, 0.25) is 0 Å². The third-order valence-electron chi connectivity index (χ3n) is 5.99. The van der Waals surface area contributed by atoms with Crippen LogP contribution in [0.1, 0.15) is 24.7 Å². The number of amides is 1. The van der Waals surface area contributed by atoms with Crippen molar-refractivity contribution < 1.29 is 22.7 Å². The van der Waals surface area contributed by atoms with Crippen LogP contribution in [0.3, 0.4) is 0 Å². The van der Waals surface area contributed by atoms with Gasteiger partial charge in [0, 0.05) is 11.8 Å². The molecule has 0 saturated carbocycles. The molecule has 1 amide bonds. The molecule has 39 heavy (non-hydrogen) atoms. The number of carbonyl (C=O) groups excluding carboxylic acids is 1. The normalized spacial score (nSPS) is 12.1. The molecule has 0 aliphatic rings. The van der Waals surface area contributed by atoms with Crippen LogP contribution in [0.5, 0.6) is 11.5 Å². The summed E-state index contributed by atoms with van der Waals surface area (Å²) in [5.74, 6) is 0.748. The molecule has 1 aromatic heterocycles. The van der Waals surface area contributed by atoms with Crippen molar-refractivity contribution in [2.24, 2.45) is 0 Å². The van der Waals surface area contributed by atoms with Gasteiger partial charge in [0.05, 0.1) is 30.1 Å². The Morgan fingerprint density at radius 3 is 2.36 bits per heavy atom. The SMILES string of the molecule is CCC(Sc1nnc(CS(=O)(=O)c2ccc(C)cc2)n1-c1ccccc1)C(=O)Nc1ccc(OC)cc1OC. The quantitative estimate of drug-likeness (QED) is 0.250. The van der Waals surface area contributed by atoms with Crippen molar-refractivity contribution >= 4 is 33.2 Å². The number of para-hydroxylation sites is 1. The van der Waals surface area contributed by atoms with Crippen LogP contribution in [0.15, 0.2) is 82.8 Å². The highest BCUT2D eigenvalue weighted by molar-refractivity contribution is 8.00. The highest BCUT2D eigenvalue weighted by Gasteiger charge is 2.27. The second kappa shape index (κ2) is 12.4. The number of hydrogen-bond donors (Lipinski definition) is 1. The number of benzene rings is 3. The third kappa shape index (κ3) is 6.61. The van der Waals surface area contributed by atoms with E-state index in [-0.39, 0.29) is 22.4 Å². The molecule has 9 nitrogen and oxygen atoms in total. The Bertz CT molecular complexity index is 1540. The van der Waals surface area contributed by atoms with Gasteiger partial charge in [-0.15, -0.1) is 10.2 Å². The van der Waals surface area contributed by atoms with E-state index in [2.05, 4.69) is 15.5 Å². The van der Waals surface area contributed by atoms with Crippen molar-refractivity contribution in [3.8, 4) is 17.2 Å². The van der Waals surface area contributed by atoms with Crippen LogP contribution in [-0.4, -0.2) is 48.6 Å². The maximum atomic E-state index is 13.3. The number of anilines is 1. The number of methoxy groups -OCH3 is 2. The molecular weight excluding hydrogens is 536 g/mol. The van der Waals surface area contributed by atoms with Crippen molar-refractivity contribution in [2.45, 2.75) is 41.3 Å². The largest absolute Gasteiger partial charge is 0.497 e. The number of rotatable bonds is 11. The van der Waals surface area contributed by atoms with E-state index in [4.69, 9.17) is 9.47 Å². The van der Waals surface area contributed by atoms with E-state index in [1.807, 2.05) is 44.2 Å². The lowest BCUT2D eigenvalue weighted by molar-refractivity contribution is -0.115. The van der Waals surface area contributed by atoms with Gasteiger partial charge in [0.15, 0.2) is 20.8 Å². The smallest absolute Gasteiger partial charge is 0.238 e. The van der Waals surface area contributed by atoms with Gasteiger partial charge in [-0.25, -0.2) is 8.42 Å². The molecule has 0 bridgehead atoms. The topological polar surface area (TPSA) is 112 Å². The summed E-state index contributed by atoms with van der Waals surface area (Å²) in [6, 6.07) is 21.1. The van der Waals surface area contributed by atoms with Crippen molar-refractivity contribution in [1.82, 2.24) is 14.8 Å². The van der Waals surface area contributed by atoms with Gasteiger partial charge in [0.25, 0.3) is 0 Å². The molecule has 4 aromatic rings. The van der Waals surface area contributed by atoms with Crippen molar-refractivity contribution in [2.75, 3.05) is 19.5 Å². The highest BCUT2D eigenvalue weighted by atomic mass is 32.2. The zero-order valence-electron chi connectivity index (χ0n) is 22.1. The molecule has 11 heteroatoms. The van der Waals surface area contributed by atoms with Crippen LogP contribution in [-0.2, 0) is 20.4 Å². The minimum absolute atomic E-state index is 0.212. The number of aromatic nitrogens is 3. The molecule has 0 aliphatic carbocycles. The van der Waals surface area contributed by atoms with Crippen LogP contribution >= 0.6 is 11.8 Å². The first kappa shape index (κ1) is 28.2. The average molecular weight is 567 g/mol. The van der Waals surface area contributed by atoms with Crippen LogP contribution in [0, 0.1) is 6.92 Å². The molecule has 1 N–H and O–H groups in total. The summed E-state index contributed by atoms with van der Waals surface area (Å²) in [6.45, 7) is 3.80. The average Bonchev–Trinajstić information content (AvgIpc) is 3.33. The van der Waals surface area contributed by atoms with Gasteiger partial charge in [0.2, 0.25) is 5.91 Å². The Labute approximate surface area is 232 Å². The number of nitrogens with one attached hydrogen (secondary N) is 1. The maximum absolute atomic E-state index is 13.3. The van der Waals surface area contributed by atoms with Crippen molar-refractivity contribution in [1.29, 1.82) is 0 Å². The molecule has 0 aliphatic heterocycles. The van der Waals surface area contributed by atoms with E-state index in [0.29, 0.717) is 34.5 Å². The zero-order valence-corrected chi connectivity index (χ0v) is 23.8. The molecule has 0 radical (unpaired) electrons. The van der Waals surface area contributed by atoms with E-state index < -0.39 is 15.1 Å². The van der Waals surface area contributed by atoms with E-state index in [0.717, 1.165) is 5.56 Å². The van der Waals surface area contributed by atoms with Gasteiger partial charge in [-0.2, -0.15) is 0 Å². The fourth-order valence-corrected chi connectivity index (χ4v) is 6.11. The van der Waals surface area contributed by atoms with Crippen molar-refractivity contribution in [3.63, 3.8) is 0 Å². The summed E-state index contributed by atoms with van der Waals surface area (Å²) in [7, 11) is -0.613. The zero-order chi connectivity index (χ0) is 28.0. The predicted molar refractivity (Wildman–Crippen MR) is 152 cm³/mol. The first-order valence-electron chi connectivity index (χ1n) is 12.2. The lowest BCUT2D eigenvalue weighted by Crippen LogP contribution is -2.25. The predicted octanol–water partition coefficient (Wildman–Crippen LogP) is 5.08. The van der Waals surface area contributed by atoms with Gasteiger partial charge >= 0.3 is 0 Å². The molecule has 4 rings (SSSR count). The number of hydrogen-bond acceptors (Lipinski definition) is 8. The fourth-order valence-electron chi connectivity index (χ4n) is 3.87. The molecule has 0 saturated heterocycles. The summed E-state index contributed by atoms with van der Waals surface area (Å²) in [5, 5.41) is 11.4. The molecule has 1 heterocycles. The third-order valence-corrected chi connectivity index (χ3v) is 8.93. The summed E-state index contributed by atoms with van der Waals surface area (Å²) in [4.78, 5) is 13.5. The maximum Gasteiger partial charge on any atom is 0.238 e. The van der Waals surface area contributed by atoms with E-state index >= 15 is 0 Å². The van der Waals surface area contributed by atoms with Gasteiger partial charge in [-0.3, -0.25) is 9.36 Å². The monoisotopic (exact) mass is 566 g/mol. The Balaban J connectivity index is 1.63. The number of aryl methyl sites for hydroxylation is 1. The number of ether oxygens (including phenoxy) is 2. The molecule has 0 fully saturated rings. The lowest BCUT2D eigenvalue weighted by atomic mass is 10.2. The lowest BCUT2D eigenvalue weighted by Gasteiger charge is -2.17. The van der Waals surface area contributed by atoms with Crippen LogP contribution in [0.25, 0.3) is 5.69 Å². The number of thioether (sulfide) groups is 1. The number of nitrogens with zero attached hydrogens (tertiary/aromatic N) is 3. The van der Waals surface area contributed by atoms with E-state index in [1.54, 1.807) is 54.1 Å². The molecular formula is C28H30N4O5S2. The van der Waals surface area contributed by atoms with Crippen LogP contribution < -0.4 is 14.8 Å². The molecule has 0 spiro atoms. The number of carbonyl (C=O) groups is 1. The second-order valence-corrected chi connectivity index (χ2v) is 11.9. The minimum atomic E-state index is -3.69. The van der Waals surface area contributed by atoms with Gasteiger partial charge < -0.3 is 14.8 Å². The van der Waals surface area contributed by atoms with Crippen molar-refractivity contribution in [3.05, 3.63) is 84.2 Å². The van der Waals surface area contributed by atoms with E-state index in [1.165, 1.54) is 18.9 Å². The standard InChI is InChI=1S/C28H30N4O5S2/c1-5-25(27(33)29-23-16-13-21(36-3)17-24(23)37-4)38-28-31-30-26(32(28)20-9-7-6-8-10-20)18-39(34,35)22-14-11-19(2)12-15-22/h6-17,25H,5,18H2,1-4H3,(H,29,33). The van der Waals surface area contributed by atoms with Gasteiger partial charge in [-0.1, -0.05) is 54.6 Å². The van der Waals surface area contributed by atoms with Gasteiger partial charge in [-0.05, 0) is 49.7 Å².